The minimum Gasteiger partial charge on any atom is -0.480 e. The Labute approximate surface area is 257 Å². The third-order valence-electron chi connectivity index (χ3n) is 5.29. The molecule has 0 aliphatic heterocycles. The van der Waals surface area contributed by atoms with Crippen LogP contribution in [0.2, 0.25) is 0 Å². The van der Waals surface area contributed by atoms with Gasteiger partial charge in [0, 0.05) is 46.6 Å². The van der Waals surface area contributed by atoms with Crippen LogP contribution in [-0.4, -0.2) is 181 Å². The van der Waals surface area contributed by atoms with Crippen molar-refractivity contribution in [1.82, 2.24) is 20.0 Å². The normalized spacial score (nSPS) is 11.6. The fourth-order valence-corrected chi connectivity index (χ4v) is 3.49. The zero-order chi connectivity index (χ0) is 34.4. The molecule has 0 aromatic carbocycles. The third-order valence-corrected chi connectivity index (χ3v) is 5.29. The van der Waals surface area contributed by atoms with Crippen molar-refractivity contribution in [3.05, 3.63) is 0 Å². The summed E-state index contributed by atoms with van der Waals surface area (Å²) in [5, 5.41) is 38.8. The molecule has 0 spiro atoms. The molecule has 0 radical (unpaired) electrons. The van der Waals surface area contributed by atoms with Gasteiger partial charge in [-0.05, 0) is 0 Å². The van der Waals surface area contributed by atoms with Gasteiger partial charge in [-0.1, -0.05) is 0 Å². The van der Waals surface area contributed by atoms with Crippen molar-refractivity contribution >= 4 is 47.7 Å². The fraction of sp³-hybridized carbons (Fsp3) is 0.680. The average Bonchev–Trinajstić information content (AvgIpc) is 2.89. The third kappa shape index (κ3) is 24.7. The number of hydrogen-bond donors (Lipinski definition) is 5. The predicted molar refractivity (Wildman–Crippen MR) is 147 cm³/mol. The van der Waals surface area contributed by atoms with Crippen LogP contribution in [-0.2, 0) is 57.3 Å². The maximum absolute atomic E-state index is 12.4. The molecule has 256 valence electrons. The Morgan fingerprint density at radius 3 is 1.53 bits per heavy atom. The van der Waals surface area contributed by atoms with Gasteiger partial charge in [-0.2, -0.15) is 0 Å². The lowest BCUT2D eigenvalue weighted by Crippen LogP contribution is -2.46. The predicted octanol–water partition coefficient (Wildman–Crippen LogP) is -3.60. The standard InChI is InChI=1S/C25H40N4O16/c1-17(30)43-14-19(45-18(2)31)15-44-25(41)16-42-8-3-26-20(32)9-28(11-22(35)36)6-4-27(10-21(33)34)5-7-29(12-23(37)38)13-24(39)40/h19H,3-16H2,1-2H3,(H,26,32)(H,33,34)(H,35,36)(H,37,38)(H,39,40). The average molecular weight is 653 g/mol. The van der Waals surface area contributed by atoms with E-state index in [9.17, 15) is 48.6 Å². The molecule has 0 saturated heterocycles. The number of esters is 3. The molecule has 45 heavy (non-hydrogen) atoms. The topological polar surface area (TPSA) is 276 Å². The van der Waals surface area contributed by atoms with Crippen LogP contribution < -0.4 is 5.32 Å². The number of aliphatic carboxylic acids is 4. The maximum atomic E-state index is 12.4. The lowest BCUT2D eigenvalue weighted by atomic mass is 10.3. The van der Waals surface area contributed by atoms with E-state index < -0.39 is 93.2 Å². The van der Waals surface area contributed by atoms with Crippen molar-refractivity contribution in [1.29, 1.82) is 0 Å². The van der Waals surface area contributed by atoms with Crippen LogP contribution in [0.25, 0.3) is 0 Å². The highest BCUT2D eigenvalue weighted by molar-refractivity contribution is 5.79. The van der Waals surface area contributed by atoms with Gasteiger partial charge < -0.3 is 44.7 Å². The van der Waals surface area contributed by atoms with Crippen molar-refractivity contribution in [3.8, 4) is 0 Å². The molecule has 1 atom stereocenters. The highest BCUT2D eigenvalue weighted by Gasteiger charge is 2.20. The highest BCUT2D eigenvalue weighted by Crippen LogP contribution is 1.99. The molecule has 5 N–H and O–H groups in total. The second-order valence-electron chi connectivity index (χ2n) is 9.39. The Morgan fingerprint density at radius 2 is 1.07 bits per heavy atom. The van der Waals surface area contributed by atoms with Gasteiger partial charge in [-0.25, -0.2) is 4.79 Å². The first-order valence-corrected chi connectivity index (χ1v) is 13.4. The van der Waals surface area contributed by atoms with E-state index in [1.165, 1.54) is 9.80 Å². The second-order valence-corrected chi connectivity index (χ2v) is 9.39. The van der Waals surface area contributed by atoms with Gasteiger partial charge >= 0.3 is 41.8 Å². The largest absolute Gasteiger partial charge is 0.480 e. The quantitative estimate of drug-likeness (QED) is 0.0343. The van der Waals surface area contributed by atoms with E-state index in [2.05, 4.69) is 5.32 Å². The van der Waals surface area contributed by atoms with Gasteiger partial charge in [-0.3, -0.25) is 48.3 Å². The Balaban J connectivity index is 4.73. The van der Waals surface area contributed by atoms with Gasteiger partial charge in [0.15, 0.2) is 6.10 Å². The Morgan fingerprint density at radius 1 is 0.622 bits per heavy atom. The van der Waals surface area contributed by atoms with Gasteiger partial charge in [0.2, 0.25) is 5.91 Å². The molecule has 0 saturated carbocycles. The van der Waals surface area contributed by atoms with Crippen molar-refractivity contribution in [3.63, 3.8) is 0 Å². The van der Waals surface area contributed by atoms with Crippen LogP contribution in [0.1, 0.15) is 13.8 Å². The van der Waals surface area contributed by atoms with Crippen LogP contribution in [0.15, 0.2) is 0 Å². The zero-order valence-electron chi connectivity index (χ0n) is 25.0. The van der Waals surface area contributed by atoms with E-state index in [-0.39, 0.29) is 52.5 Å². The Bertz CT molecular complexity index is 1010. The number of hydrogen-bond acceptors (Lipinski definition) is 15. The summed E-state index contributed by atoms with van der Waals surface area (Å²) in [6, 6.07) is 0. The maximum Gasteiger partial charge on any atom is 0.332 e. The molecule has 0 aromatic heterocycles. The number of ether oxygens (including phenoxy) is 4. The molecular formula is C25H40N4O16. The molecule has 1 amide bonds. The van der Waals surface area contributed by atoms with Crippen LogP contribution in [0.5, 0.6) is 0 Å². The molecule has 0 heterocycles. The summed E-state index contributed by atoms with van der Waals surface area (Å²) >= 11 is 0. The number of rotatable bonds is 26. The second kappa shape index (κ2) is 23.0. The number of nitrogens with one attached hydrogen (secondary N) is 1. The van der Waals surface area contributed by atoms with E-state index in [1.54, 1.807) is 0 Å². The van der Waals surface area contributed by atoms with E-state index in [0.717, 1.165) is 18.7 Å². The molecule has 1 unspecified atom stereocenters. The van der Waals surface area contributed by atoms with Crippen LogP contribution in [0.3, 0.4) is 0 Å². The number of carboxylic acid groups (broad SMARTS) is 4. The summed E-state index contributed by atoms with van der Waals surface area (Å²) in [7, 11) is 0. The van der Waals surface area contributed by atoms with Crippen LogP contribution >= 0.6 is 0 Å². The van der Waals surface area contributed by atoms with Crippen molar-refractivity contribution in [2.45, 2.75) is 20.0 Å². The van der Waals surface area contributed by atoms with Gasteiger partial charge in [0.1, 0.15) is 19.8 Å². The molecular weight excluding hydrogens is 612 g/mol. The molecule has 0 aliphatic rings. The Kier molecular flexibility index (Phi) is 20.8. The summed E-state index contributed by atoms with van der Waals surface area (Å²) in [5.41, 5.74) is 0. The van der Waals surface area contributed by atoms with E-state index in [1.807, 2.05) is 0 Å². The summed E-state index contributed by atoms with van der Waals surface area (Å²) in [5.74, 6) is -7.74. The monoisotopic (exact) mass is 652 g/mol. The van der Waals surface area contributed by atoms with E-state index in [4.69, 9.17) is 29.2 Å². The number of carbonyl (C=O) groups is 8. The number of carbonyl (C=O) groups excluding carboxylic acids is 4. The smallest absolute Gasteiger partial charge is 0.332 e. The minimum absolute atomic E-state index is 0.0365. The summed E-state index contributed by atoms with van der Waals surface area (Å²) in [6.45, 7) is -2.02. The van der Waals surface area contributed by atoms with E-state index in [0.29, 0.717) is 0 Å². The van der Waals surface area contributed by atoms with Gasteiger partial charge in [-0.15, -0.1) is 0 Å². The fourth-order valence-electron chi connectivity index (χ4n) is 3.49. The first kappa shape index (κ1) is 40.6. The summed E-state index contributed by atoms with van der Waals surface area (Å²) < 4.78 is 19.6. The van der Waals surface area contributed by atoms with Gasteiger partial charge in [0.25, 0.3) is 0 Å². The number of carboxylic acids is 4. The molecule has 0 fully saturated rings. The molecule has 0 bridgehead atoms. The molecule has 20 nitrogen and oxygen atoms in total. The van der Waals surface area contributed by atoms with Gasteiger partial charge in [0.05, 0.1) is 39.3 Å². The molecule has 0 aromatic rings. The zero-order valence-corrected chi connectivity index (χ0v) is 25.0. The Hall–Kier alpha value is -4.40. The van der Waals surface area contributed by atoms with E-state index >= 15 is 0 Å². The molecule has 20 heteroatoms. The van der Waals surface area contributed by atoms with Crippen molar-refractivity contribution in [2.75, 3.05) is 91.9 Å². The number of nitrogens with zero attached hydrogens (tertiary/aromatic N) is 3. The van der Waals surface area contributed by atoms with Crippen molar-refractivity contribution in [2.24, 2.45) is 0 Å². The SMILES string of the molecule is CC(=O)OCC(COC(=O)COCCNC(=O)CN(CCN(CCN(CC(=O)O)CC(=O)O)CC(=O)O)CC(=O)O)OC(C)=O. The van der Waals surface area contributed by atoms with Crippen molar-refractivity contribution < 1.29 is 77.7 Å². The molecule has 0 aliphatic carbocycles. The number of amides is 1. The highest BCUT2D eigenvalue weighted by atomic mass is 16.6. The lowest BCUT2D eigenvalue weighted by Gasteiger charge is -2.27. The lowest BCUT2D eigenvalue weighted by molar-refractivity contribution is -0.166. The molecule has 0 rings (SSSR count). The summed E-state index contributed by atoms with van der Waals surface area (Å²) in [6.07, 6.45) is -1.01. The minimum atomic E-state index is -1.27. The first-order chi connectivity index (χ1) is 21.1. The van der Waals surface area contributed by atoms with Crippen LogP contribution in [0, 0.1) is 0 Å². The summed E-state index contributed by atoms with van der Waals surface area (Å²) in [4.78, 5) is 94.5. The van der Waals surface area contributed by atoms with Crippen LogP contribution in [0.4, 0.5) is 0 Å². The first-order valence-electron chi connectivity index (χ1n) is 13.4.